The van der Waals surface area contributed by atoms with E-state index in [4.69, 9.17) is 9.72 Å². The lowest BCUT2D eigenvalue weighted by molar-refractivity contribution is 0.0746. The number of amides is 1. The summed E-state index contributed by atoms with van der Waals surface area (Å²) < 4.78 is 7.48. The Morgan fingerprint density at radius 1 is 1.26 bits per heavy atom. The number of aryl methyl sites for hydroxylation is 2. The van der Waals surface area contributed by atoms with Crippen LogP contribution in [0.1, 0.15) is 39.4 Å². The molecule has 1 aliphatic rings. The fourth-order valence-corrected chi connectivity index (χ4v) is 3.64. The maximum Gasteiger partial charge on any atom is 0.410 e. The summed E-state index contributed by atoms with van der Waals surface area (Å²) in [7, 11) is 0. The average Bonchev–Trinajstić information content (AvgIpc) is 3.39. The van der Waals surface area contributed by atoms with E-state index in [0.717, 1.165) is 29.9 Å². The van der Waals surface area contributed by atoms with Crippen LogP contribution in [-0.2, 0) is 11.3 Å². The van der Waals surface area contributed by atoms with Crippen molar-refractivity contribution in [1.82, 2.24) is 34.4 Å². The van der Waals surface area contributed by atoms with Crippen LogP contribution < -0.4 is 5.32 Å². The molecule has 0 radical (unpaired) electrons. The van der Waals surface area contributed by atoms with E-state index in [2.05, 4.69) is 25.3 Å². The number of nitrogens with one attached hydrogen (secondary N) is 1. The maximum atomic E-state index is 12.3. The summed E-state index contributed by atoms with van der Waals surface area (Å²) in [5, 5.41) is 3.45. The van der Waals surface area contributed by atoms with Crippen molar-refractivity contribution in [2.45, 2.75) is 59.2 Å². The van der Waals surface area contributed by atoms with Crippen molar-refractivity contribution in [1.29, 1.82) is 0 Å². The molecular formula is C21H28N8O2. The molecule has 1 N–H and O–H groups in total. The lowest BCUT2D eigenvalue weighted by atomic mass is 10.2. The van der Waals surface area contributed by atoms with Gasteiger partial charge in [0.2, 0.25) is 0 Å². The molecule has 1 fully saturated rings. The number of anilines is 1. The van der Waals surface area contributed by atoms with E-state index in [1.165, 1.54) is 6.33 Å². The largest absolute Gasteiger partial charge is 0.446 e. The molecular weight excluding hydrogens is 396 g/mol. The van der Waals surface area contributed by atoms with Gasteiger partial charge in [-0.25, -0.2) is 29.7 Å². The summed E-state index contributed by atoms with van der Waals surface area (Å²) in [6, 6.07) is 0.0699. The minimum atomic E-state index is -0.261. The van der Waals surface area contributed by atoms with Gasteiger partial charge in [0.25, 0.3) is 0 Å². The van der Waals surface area contributed by atoms with E-state index < -0.39 is 0 Å². The van der Waals surface area contributed by atoms with Crippen LogP contribution in [0.3, 0.4) is 0 Å². The van der Waals surface area contributed by atoms with Gasteiger partial charge in [-0.15, -0.1) is 0 Å². The third-order valence-electron chi connectivity index (χ3n) is 5.55. The molecule has 2 atom stereocenters. The summed E-state index contributed by atoms with van der Waals surface area (Å²) in [6.07, 6.45) is 6.36. The average molecular weight is 425 g/mol. The zero-order valence-electron chi connectivity index (χ0n) is 18.4. The smallest absolute Gasteiger partial charge is 0.410 e. The first kappa shape index (κ1) is 21.0. The van der Waals surface area contributed by atoms with Crippen LogP contribution in [0.2, 0.25) is 0 Å². The normalized spacial score (nSPS) is 17.2. The van der Waals surface area contributed by atoms with E-state index in [1.54, 1.807) is 17.3 Å². The Bertz CT molecular complexity index is 1070. The molecule has 1 saturated heterocycles. The highest BCUT2D eigenvalue weighted by Gasteiger charge is 2.29. The molecule has 0 spiro atoms. The fourth-order valence-electron chi connectivity index (χ4n) is 3.64. The van der Waals surface area contributed by atoms with E-state index in [0.29, 0.717) is 36.8 Å². The molecule has 0 bridgehead atoms. The van der Waals surface area contributed by atoms with Crippen LogP contribution >= 0.6 is 0 Å². The number of nitrogens with zero attached hydrogens (tertiary/aromatic N) is 7. The minimum Gasteiger partial charge on any atom is -0.446 e. The molecule has 1 aliphatic heterocycles. The topological polar surface area (TPSA) is 111 Å². The summed E-state index contributed by atoms with van der Waals surface area (Å²) >= 11 is 0. The van der Waals surface area contributed by atoms with Crippen LogP contribution in [0.5, 0.6) is 0 Å². The fraction of sp³-hybridized carbons (Fsp3) is 0.524. The van der Waals surface area contributed by atoms with Crippen LogP contribution in [0.15, 0.2) is 18.7 Å². The second-order valence-corrected chi connectivity index (χ2v) is 7.77. The standard InChI is InChI=1S/C21H28N8O2/c1-5-13(3)31-21(30)28-8-7-16(11-28)26-18-17-20(25-12-24-18)29(6-2)19(27-17)15-9-22-14(4)23-10-15/h9-10,12-13,16H,5-8,11H2,1-4H3,(H,24,25,26)/t13?,16-/m0/s1. The Morgan fingerprint density at radius 3 is 2.74 bits per heavy atom. The van der Waals surface area contributed by atoms with Crippen LogP contribution in [-0.4, -0.2) is 65.7 Å². The van der Waals surface area contributed by atoms with E-state index in [1.807, 2.05) is 32.3 Å². The molecule has 1 amide bonds. The van der Waals surface area contributed by atoms with Crippen molar-refractivity contribution >= 4 is 23.1 Å². The van der Waals surface area contributed by atoms with Gasteiger partial charge >= 0.3 is 6.09 Å². The maximum absolute atomic E-state index is 12.3. The third kappa shape index (κ3) is 4.28. The summed E-state index contributed by atoms with van der Waals surface area (Å²) in [5.41, 5.74) is 2.28. The summed E-state index contributed by atoms with van der Waals surface area (Å²) in [6.45, 7) is 9.72. The molecule has 10 heteroatoms. The molecule has 3 aromatic heterocycles. The molecule has 0 aromatic carbocycles. The molecule has 3 aromatic rings. The second-order valence-electron chi connectivity index (χ2n) is 7.77. The highest BCUT2D eigenvalue weighted by Crippen LogP contribution is 2.27. The van der Waals surface area contributed by atoms with Crippen LogP contribution in [0.4, 0.5) is 10.6 Å². The van der Waals surface area contributed by atoms with Crippen molar-refractivity contribution in [2.24, 2.45) is 0 Å². The summed E-state index contributed by atoms with van der Waals surface area (Å²) in [5.74, 6) is 2.13. The lowest BCUT2D eigenvalue weighted by Gasteiger charge is -2.19. The molecule has 164 valence electrons. The highest BCUT2D eigenvalue weighted by atomic mass is 16.6. The van der Waals surface area contributed by atoms with Crippen molar-refractivity contribution < 1.29 is 9.53 Å². The number of carbonyl (C=O) groups excluding carboxylic acids is 1. The molecule has 4 heterocycles. The highest BCUT2D eigenvalue weighted by molar-refractivity contribution is 5.86. The number of imidazole rings is 1. The number of rotatable bonds is 6. The number of ether oxygens (including phenoxy) is 1. The number of fused-ring (bicyclic) bond motifs is 1. The van der Waals surface area contributed by atoms with Gasteiger partial charge in [0.1, 0.15) is 24.1 Å². The molecule has 10 nitrogen and oxygen atoms in total. The lowest BCUT2D eigenvalue weighted by Crippen LogP contribution is -2.33. The van der Waals surface area contributed by atoms with Gasteiger partial charge < -0.3 is 19.5 Å². The van der Waals surface area contributed by atoms with E-state index >= 15 is 0 Å². The van der Waals surface area contributed by atoms with E-state index in [-0.39, 0.29) is 18.2 Å². The SMILES string of the molecule is CCC(C)OC(=O)N1CC[C@H](Nc2ncnc3c2nc(-c2cnc(C)nc2)n3CC)C1. The van der Waals surface area contributed by atoms with Gasteiger partial charge in [-0.2, -0.15) is 0 Å². The predicted molar refractivity (Wildman–Crippen MR) is 117 cm³/mol. The van der Waals surface area contributed by atoms with Gasteiger partial charge in [-0.05, 0) is 33.6 Å². The minimum absolute atomic E-state index is 0.0699. The van der Waals surface area contributed by atoms with Crippen molar-refractivity contribution in [3.63, 3.8) is 0 Å². The van der Waals surface area contributed by atoms with Crippen molar-refractivity contribution in [3.8, 4) is 11.4 Å². The third-order valence-corrected chi connectivity index (χ3v) is 5.55. The Kier molecular flexibility index (Phi) is 5.97. The zero-order chi connectivity index (χ0) is 22.0. The van der Waals surface area contributed by atoms with Gasteiger partial charge in [0.15, 0.2) is 17.0 Å². The number of hydrogen-bond acceptors (Lipinski definition) is 8. The van der Waals surface area contributed by atoms with Crippen LogP contribution in [0, 0.1) is 6.92 Å². The van der Waals surface area contributed by atoms with Crippen molar-refractivity contribution in [2.75, 3.05) is 18.4 Å². The van der Waals surface area contributed by atoms with Crippen LogP contribution in [0.25, 0.3) is 22.6 Å². The molecule has 0 saturated carbocycles. The second kappa shape index (κ2) is 8.83. The number of likely N-dealkylation sites (tertiary alicyclic amines) is 1. The Hall–Kier alpha value is -3.30. The number of aromatic nitrogens is 6. The Morgan fingerprint density at radius 2 is 2.03 bits per heavy atom. The number of carbonyl (C=O) groups is 1. The molecule has 31 heavy (non-hydrogen) atoms. The zero-order valence-corrected chi connectivity index (χ0v) is 18.4. The molecule has 0 aliphatic carbocycles. The first-order chi connectivity index (χ1) is 15.0. The monoisotopic (exact) mass is 424 g/mol. The van der Waals surface area contributed by atoms with E-state index in [9.17, 15) is 4.79 Å². The first-order valence-electron chi connectivity index (χ1n) is 10.7. The Labute approximate surface area is 181 Å². The Balaban J connectivity index is 1.56. The molecule has 4 rings (SSSR count). The summed E-state index contributed by atoms with van der Waals surface area (Å²) in [4.78, 5) is 36.4. The molecule has 1 unspecified atom stereocenters. The van der Waals surface area contributed by atoms with Gasteiger partial charge in [-0.1, -0.05) is 6.92 Å². The predicted octanol–water partition coefficient (Wildman–Crippen LogP) is 3.03. The quantitative estimate of drug-likeness (QED) is 0.643. The van der Waals surface area contributed by atoms with Gasteiger partial charge in [0.05, 0.1) is 5.56 Å². The number of hydrogen-bond donors (Lipinski definition) is 1. The van der Waals surface area contributed by atoms with Gasteiger partial charge in [-0.3, -0.25) is 0 Å². The van der Waals surface area contributed by atoms with Crippen molar-refractivity contribution in [3.05, 3.63) is 24.5 Å². The van der Waals surface area contributed by atoms with Gasteiger partial charge in [0, 0.05) is 38.1 Å². The first-order valence-corrected chi connectivity index (χ1v) is 10.7.